The summed E-state index contributed by atoms with van der Waals surface area (Å²) in [5, 5.41) is 4.43. The van der Waals surface area contributed by atoms with Gasteiger partial charge in [0.25, 0.3) is 5.88 Å². The van der Waals surface area contributed by atoms with Crippen molar-refractivity contribution in [3.63, 3.8) is 0 Å². The molecule has 1 aliphatic heterocycles. The molecule has 0 spiro atoms. The Bertz CT molecular complexity index is 760. The van der Waals surface area contributed by atoms with Crippen molar-refractivity contribution in [1.29, 1.82) is 0 Å². The monoisotopic (exact) mass is 358 g/mol. The lowest BCUT2D eigenvalue weighted by atomic mass is 10.3. The standard InChI is InChI=1S/C18H26N6O2/c1-14-13-15(2)24(21-14)10-5-16(25)22-8-4-9-23(12-11-22)17-18(26-3)20-7-6-19-17/h6-7,13H,4-5,8-12H2,1-3H3. The normalized spacial score (nSPS) is 15.0. The maximum atomic E-state index is 12.6. The lowest BCUT2D eigenvalue weighted by Gasteiger charge is -2.23. The van der Waals surface area contributed by atoms with Crippen LogP contribution in [0.15, 0.2) is 18.5 Å². The molecule has 1 aliphatic rings. The van der Waals surface area contributed by atoms with E-state index in [2.05, 4.69) is 20.0 Å². The Balaban J connectivity index is 1.57. The quantitative estimate of drug-likeness (QED) is 0.805. The van der Waals surface area contributed by atoms with Gasteiger partial charge in [-0.2, -0.15) is 5.10 Å². The number of anilines is 1. The first-order chi connectivity index (χ1) is 12.6. The molecule has 8 heteroatoms. The van der Waals surface area contributed by atoms with E-state index in [1.54, 1.807) is 19.5 Å². The third-order valence-electron chi connectivity index (χ3n) is 4.63. The number of amides is 1. The van der Waals surface area contributed by atoms with Crippen molar-refractivity contribution in [1.82, 2.24) is 24.6 Å². The number of methoxy groups -OCH3 is 1. The van der Waals surface area contributed by atoms with Gasteiger partial charge in [0.1, 0.15) is 0 Å². The maximum absolute atomic E-state index is 12.6. The number of carbonyl (C=O) groups is 1. The zero-order valence-electron chi connectivity index (χ0n) is 15.7. The van der Waals surface area contributed by atoms with Crippen LogP contribution in [0.25, 0.3) is 0 Å². The highest BCUT2D eigenvalue weighted by Crippen LogP contribution is 2.23. The Morgan fingerprint density at radius 2 is 1.96 bits per heavy atom. The van der Waals surface area contributed by atoms with Crippen LogP contribution >= 0.6 is 0 Å². The van der Waals surface area contributed by atoms with Crippen LogP contribution in [-0.4, -0.2) is 63.8 Å². The van der Waals surface area contributed by atoms with E-state index in [1.807, 2.05) is 29.5 Å². The number of hydrogen-bond donors (Lipinski definition) is 0. The zero-order valence-corrected chi connectivity index (χ0v) is 15.7. The number of hydrogen-bond acceptors (Lipinski definition) is 6. The molecule has 0 N–H and O–H groups in total. The summed E-state index contributed by atoms with van der Waals surface area (Å²) in [5.74, 6) is 1.44. The van der Waals surface area contributed by atoms with Gasteiger partial charge >= 0.3 is 0 Å². The van der Waals surface area contributed by atoms with Gasteiger partial charge < -0.3 is 14.5 Å². The Morgan fingerprint density at radius 3 is 2.69 bits per heavy atom. The molecule has 1 fully saturated rings. The summed E-state index contributed by atoms with van der Waals surface area (Å²) in [6, 6.07) is 2.03. The third-order valence-corrected chi connectivity index (χ3v) is 4.63. The summed E-state index contributed by atoms with van der Waals surface area (Å²) in [4.78, 5) is 25.3. The van der Waals surface area contributed by atoms with E-state index in [1.165, 1.54) is 0 Å². The second kappa shape index (κ2) is 8.16. The molecule has 0 atom stereocenters. The fourth-order valence-electron chi connectivity index (χ4n) is 3.32. The molecule has 3 rings (SSSR count). The van der Waals surface area contributed by atoms with Crippen molar-refractivity contribution in [2.75, 3.05) is 38.2 Å². The Hall–Kier alpha value is -2.64. The SMILES string of the molecule is COc1nccnc1N1CCCN(C(=O)CCn2nc(C)cc2C)CC1. The number of aryl methyl sites for hydroxylation is 3. The van der Waals surface area contributed by atoms with Crippen LogP contribution in [0.1, 0.15) is 24.2 Å². The molecule has 0 aliphatic carbocycles. The average molecular weight is 358 g/mol. The number of carbonyl (C=O) groups excluding carboxylic acids is 1. The molecule has 0 radical (unpaired) electrons. The van der Waals surface area contributed by atoms with Crippen molar-refractivity contribution in [3.05, 3.63) is 29.8 Å². The summed E-state index contributed by atoms with van der Waals surface area (Å²) in [6.45, 7) is 7.59. The molecule has 0 unspecified atom stereocenters. The van der Waals surface area contributed by atoms with Gasteiger partial charge in [-0.15, -0.1) is 0 Å². The van der Waals surface area contributed by atoms with Crippen LogP contribution in [0, 0.1) is 13.8 Å². The predicted octanol–water partition coefficient (Wildman–Crippen LogP) is 1.43. The Morgan fingerprint density at radius 1 is 1.15 bits per heavy atom. The van der Waals surface area contributed by atoms with Crippen LogP contribution in [0.2, 0.25) is 0 Å². The first-order valence-electron chi connectivity index (χ1n) is 8.97. The molecule has 26 heavy (non-hydrogen) atoms. The van der Waals surface area contributed by atoms with Crippen molar-refractivity contribution >= 4 is 11.7 Å². The van der Waals surface area contributed by atoms with Gasteiger partial charge in [-0.25, -0.2) is 9.97 Å². The summed E-state index contributed by atoms with van der Waals surface area (Å²) < 4.78 is 7.21. The number of aromatic nitrogens is 4. The highest BCUT2D eigenvalue weighted by atomic mass is 16.5. The van der Waals surface area contributed by atoms with Gasteiger partial charge in [0, 0.05) is 57.2 Å². The molecular weight excluding hydrogens is 332 g/mol. The van der Waals surface area contributed by atoms with Crippen molar-refractivity contribution in [2.24, 2.45) is 0 Å². The average Bonchev–Trinajstić information content (AvgIpc) is 2.84. The molecule has 1 amide bonds. The maximum Gasteiger partial charge on any atom is 0.257 e. The van der Waals surface area contributed by atoms with Gasteiger partial charge in [0.15, 0.2) is 5.82 Å². The largest absolute Gasteiger partial charge is 0.478 e. The molecule has 1 saturated heterocycles. The molecule has 3 heterocycles. The summed E-state index contributed by atoms with van der Waals surface area (Å²) >= 11 is 0. The summed E-state index contributed by atoms with van der Waals surface area (Å²) in [5.41, 5.74) is 2.07. The minimum Gasteiger partial charge on any atom is -0.478 e. The minimum atomic E-state index is 0.172. The summed E-state index contributed by atoms with van der Waals surface area (Å²) in [6.07, 6.45) is 4.65. The summed E-state index contributed by atoms with van der Waals surface area (Å²) in [7, 11) is 1.60. The molecule has 0 aromatic carbocycles. The lowest BCUT2D eigenvalue weighted by Crippen LogP contribution is -2.36. The molecule has 8 nitrogen and oxygen atoms in total. The highest BCUT2D eigenvalue weighted by Gasteiger charge is 2.22. The third kappa shape index (κ3) is 4.12. The lowest BCUT2D eigenvalue weighted by molar-refractivity contribution is -0.131. The topological polar surface area (TPSA) is 76.4 Å². The highest BCUT2D eigenvalue weighted by molar-refractivity contribution is 5.76. The minimum absolute atomic E-state index is 0.172. The zero-order chi connectivity index (χ0) is 18.5. The Labute approximate surface area is 153 Å². The van der Waals surface area contributed by atoms with Crippen LogP contribution in [0.3, 0.4) is 0 Å². The Kier molecular flexibility index (Phi) is 5.70. The first-order valence-corrected chi connectivity index (χ1v) is 8.97. The van der Waals surface area contributed by atoms with Crippen LogP contribution in [0.5, 0.6) is 5.88 Å². The number of nitrogens with zero attached hydrogens (tertiary/aromatic N) is 6. The van der Waals surface area contributed by atoms with Gasteiger partial charge in [-0.1, -0.05) is 0 Å². The second-order valence-corrected chi connectivity index (χ2v) is 6.51. The van der Waals surface area contributed by atoms with Gasteiger partial charge in [-0.3, -0.25) is 9.48 Å². The number of rotatable bonds is 5. The molecule has 2 aromatic heterocycles. The molecule has 0 saturated carbocycles. The van der Waals surface area contributed by atoms with E-state index in [0.29, 0.717) is 25.4 Å². The van der Waals surface area contributed by atoms with Gasteiger partial charge in [0.05, 0.1) is 12.8 Å². The van der Waals surface area contributed by atoms with E-state index in [9.17, 15) is 4.79 Å². The van der Waals surface area contributed by atoms with Crippen molar-refractivity contribution in [2.45, 2.75) is 33.2 Å². The molecule has 140 valence electrons. The van der Waals surface area contributed by atoms with Crippen LogP contribution in [-0.2, 0) is 11.3 Å². The van der Waals surface area contributed by atoms with Crippen molar-refractivity contribution < 1.29 is 9.53 Å². The van der Waals surface area contributed by atoms with Crippen LogP contribution < -0.4 is 9.64 Å². The fourth-order valence-corrected chi connectivity index (χ4v) is 3.32. The second-order valence-electron chi connectivity index (χ2n) is 6.51. The molecule has 2 aromatic rings. The van der Waals surface area contributed by atoms with E-state index >= 15 is 0 Å². The number of ether oxygens (including phenoxy) is 1. The predicted molar refractivity (Wildman–Crippen MR) is 98.3 cm³/mol. The molecular formula is C18H26N6O2. The van der Waals surface area contributed by atoms with Gasteiger partial charge in [-0.05, 0) is 26.3 Å². The smallest absolute Gasteiger partial charge is 0.257 e. The van der Waals surface area contributed by atoms with E-state index in [0.717, 1.165) is 43.3 Å². The van der Waals surface area contributed by atoms with E-state index < -0.39 is 0 Å². The van der Waals surface area contributed by atoms with Crippen molar-refractivity contribution in [3.8, 4) is 5.88 Å². The molecule has 0 bridgehead atoms. The van der Waals surface area contributed by atoms with E-state index in [4.69, 9.17) is 4.74 Å². The first kappa shape index (κ1) is 18.2. The fraction of sp³-hybridized carbons (Fsp3) is 0.556. The van der Waals surface area contributed by atoms with Gasteiger partial charge in [0.2, 0.25) is 5.91 Å². The van der Waals surface area contributed by atoms with Crippen LogP contribution in [0.4, 0.5) is 5.82 Å². The van der Waals surface area contributed by atoms with E-state index in [-0.39, 0.29) is 5.91 Å².